The van der Waals surface area contributed by atoms with Crippen molar-refractivity contribution in [1.82, 2.24) is 4.98 Å². The summed E-state index contributed by atoms with van der Waals surface area (Å²) in [6, 6.07) is 0. The van der Waals surface area contributed by atoms with E-state index < -0.39 is 5.60 Å². The molecule has 0 atom stereocenters. The smallest absolute Gasteiger partial charge is 0.169 e. The van der Waals surface area contributed by atoms with E-state index in [4.69, 9.17) is 9.47 Å². The Morgan fingerprint density at radius 3 is 2.53 bits per heavy atom. The molecule has 106 valence electrons. The van der Waals surface area contributed by atoms with Crippen molar-refractivity contribution in [1.29, 1.82) is 0 Å². The number of ketones is 1. The van der Waals surface area contributed by atoms with Gasteiger partial charge < -0.3 is 9.47 Å². The minimum absolute atomic E-state index is 0.0239. The number of nitrogens with zero attached hydrogens (tertiary/aromatic N) is 1. The van der Waals surface area contributed by atoms with E-state index in [0.717, 1.165) is 22.6 Å². The molecule has 0 saturated carbocycles. The van der Waals surface area contributed by atoms with Gasteiger partial charge in [-0.15, -0.1) is 0 Å². The molecule has 0 aliphatic rings. The fourth-order valence-electron chi connectivity index (χ4n) is 2.06. The molecule has 4 heteroatoms. The van der Waals surface area contributed by atoms with E-state index >= 15 is 0 Å². The van der Waals surface area contributed by atoms with Gasteiger partial charge in [0, 0.05) is 23.9 Å². The Labute approximate surface area is 115 Å². The summed E-state index contributed by atoms with van der Waals surface area (Å²) in [6.07, 6.45) is 2.00. The molecular formula is C15H23NO3. The van der Waals surface area contributed by atoms with E-state index in [1.54, 1.807) is 27.2 Å². The maximum atomic E-state index is 12.3. The van der Waals surface area contributed by atoms with Crippen LogP contribution in [0.25, 0.3) is 0 Å². The van der Waals surface area contributed by atoms with Crippen molar-refractivity contribution < 1.29 is 14.3 Å². The van der Waals surface area contributed by atoms with Crippen LogP contribution in [0, 0.1) is 13.8 Å². The zero-order valence-corrected chi connectivity index (χ0v) is 12.7. The van der Waals surface area contributed by atoms with Crippen LogP contribution in [0.15, 0.2) is 6.20 Å². The van der Waals surface area contributed by atoms with Crippen LogP contribution in [-0.2, 0) is 16.0 Å². The monoisotopic (exact) mass is 265 g/mol. The van der Waals surface area contributed by atoms with Crippen molar-refractivity contribution in [2.75, 3.05) is 13.7 Å². The van der Waals surface area contributed by atoms with Gasteiger partial charge in [-0.05, 0) is 34.6 Å². The highest BCUT2D eigenvalue weighted by atomic mass is 16.5. The molecule has 0 amide bonds. The van der Waals surface area contributed by atoms with Crippen molar-refractivity contribution in [3.8, 4) is 5.75 Å². The average Bonchev–Trinajstić information content (AvgIpc) is 2.33. The first-order valence-electron chi connectivity index (χ1n) is 6.49. The highest BCUT2D eigenvalue weighted by Crippen LogP contribution is 2.25. The Balaban J connectivity index is 2.98. The summed E-state index contributed by atoms with van der Waals surface area (Å²) in [5.41, 5.74) is 1.87. The molecule has 0 aliphatic heterocycles. The number of aryl methyl sites for hydroxylation is 1. The predicted molar refractivity (Wildman–Crippen MR) is 74.7 cm³/mol. The Bertz CT molecular complexity index is 467. The molecular weight excluding hydrogens is 242 g/mol. The first kappa shape index (κ1) is 15.6. The normalized spacial score (nSPS) is 11.5. The van der Waals surface area contributed by atoms with E-state index in [1.165, 1.54) is 0 Å². The molecule has 1 rings (SSSR count). The standard InChI is InChI=1S/C15H23NO3/c1-7-19-15(4,5)13(17)8-12-11(3)14(18-6)10(2)9-16-12/h9H,7-8H2,1-6H3. The Morgan fingerprint density at radius 1 is 1.37 bits per heavy atom. The van der Waals surface area contributed by atoms with E-state index in [2.05, 4.69) is 4.98 Å². The number of carbonyl (C=O) groups excluding carboxylic acids is 1. The van der Waals surface area contributed by atoms with Gasteiger partial charge in [-0.2, -0.15) is 0 Å². The zero-order valence-electron chi connectivity index (χ0n) is 12.7. The molecule has 0 aliphatic carbocycles. The first-order valence-corrected chi connectivity index (χ1v) is 6.49. The molecule has 0 aromatic carbocycles. The van der Waals surface area contributed by atoms with Gasteiger partial charge in [-0.25, -0.2) is 0 Å². The lowest BCUT2D eigenvalue weighted by atomic mass is 9.97. The number of rotatable bonds is 6. The van der Waals surface area contributed by atoms with Crippen LogP contribution >= 0.6 is 0 Å². The van der Waals surface area contributed by atoms with Crippen LogP contribution in [0.1, 0.15) is 37.6 Å². The maximum Gasteiger partial charge on any atom is 0.169 e. The minimum Gasteiger partial charge on any atom is -0.496 e. The number of pyridine rings is 1. The van der Waals surface area contributed by atoms with Crippen LogP contribution < -0.4 is 4.74 Å². The third-order valence-electron chi connectivity index (χ3n) is 3.25. The van der Waals surface area contributed by atoms with E-state index in [9.17, 15) is 4.79 Å². The number of Topliss-reactive ketones (excluding diaryl/α,β-unsaturated/α-hetero) is 1. The molecule has 0 fully saturated rings. The van der Waals surface area contributed by atoms with Gasteiger partial charge >= 0.3 is 0 Å². The molecule has 19 heavy (non-hydrogen) atoms. The lowest BCUT2D eigenvalue weighted by Crippen LogP contribution is -2.36. The Hall–Kier alpha value is -1.42. The van der Waals surface area contributed by atoms with E-state index in [-0.39, 0.29) is 12.2 Å². The number of hydrogen-bond donors (Lipinski definition) is 0. The summed E-state index contributed by atoms with van der Waals surface area (Å²) >= 11 is 0. The number of aromatic nitrogens is 1. The zero-order chi connectivity index (χ0) is 14.6. The van der Waals surface area contributed by atoms with Crippen LogP contribution in [0.2, 0.25) is 0 Å². The van der Waals surface area contributed by atoms with Crippen LogP contribution in [-0.4, -0.2) is 30.1 Å². The van der Waals surface area contributed by atoms with Gasteiger partial charge in [-0.1, -0.05) is 0 Å². The third kappa shape index (κ3) is 3.53. The molecule has 1 aromatic heterocycles. The molecule has 1 heterocycles. The summed E-state index contributed by atoms with van der Waals surface area (Å²) in [5, 5.41) is 0. The lowest BCUT2D eigenvalue weighted by Gasteiger charge is -2.23. The first-order chi connectivity index (χ1) is 8.83. The molecule has 4 nitrogen and oxygen atoms in total. The van der Waals surface area contributed by atoms with Gasteiger partial charge in [0.2, 0.25) is 0 Å². The van der Waals surface area contributed by atoms with Crippen LogP contribution in [0.5, 0.6) is 5.75 Å². The molecule has 0 radical (unpaired) electrons. The second kappa shape index (κ2) is 6.15. The topological polar surface area (TPSA) is 48.4 Å². The molecule has 0 saturated heterocycles. The van der Waals surface area contributed by atoms with Gasteiger partial charge in [0.25, 0.3) is 0 Å². The second-order valence-corrected chi connectivity index (χ2v) is 5.09. The lowest BCUT2D eigenvalue weighted by molar-refractivity contribution is -0.139. The third-order valence-corrected chi connectivity index (χ3v) is 3.25. The van der Waals surface area contributed by atoms with Crippen molar-refractivity contribution in [2.24, 2.45) is 0 Å². The molecule has 0 bridgehead atoms. The SMILES string of the molecule is CCOC(C)(C)C(=O)Cc1ncc(C)c(OC)c1C. The predicted octanol–water partition coefficient (Wildman–Crippen LogP) is 2.63. The average molecular weight is 265 g/mol. The summed E-state index contributed by atoms with van der Waals surface area (Å²) in [4.78, 5) is 16.6. The molecule has 1 aromatic rings. The summed E-state index contributed by atoms with van der Waals surface area (Å²) in [5.74, 6) is 0.822. The van der Waals surface area contributed by atoms with E-state index in [0.29, 0.717) is 6.61 Å². The number of ether oxygens (including phenoxy) is 2. The quantitative estimate of drug-likeness (QED) is 0.793. The Morgan fingerprint density at radius 2 is 2.00 bits per heavy atom. The van der Waals surface area contributed by atoms with Gasteiger partial charge in [0.15, 0.2) is 5.78 Å². The molecule has 0 unspecified atom stereocenters. The largest absolute Gasteiger partial charge is 0.496 e. The minimum atomic E-state index is -0.777. The van der Waals surface area contributed by atoms with Gasteiger partial charge in [-0.3, -0.25) is 9.78 Å². The summed E-state index contributed by atoms with van der Waals surface area (Å²) < 4.78 is 10.8. The van der Waals surface area contributed by atoms with Gasteiger partial charge in [0.05, 0.1) is 19.2 Å². The highest BCUT2D eigenvalue weighted by Gasteiger charge is 2.28. The molecule has 0 spiro atoms. The fourth-order valence-corrected chi connectivity index (χ4v) is 2.06. The Kier molecular flexibility index (Phi) is 5.06. The highest BCUT2D eigenvalue weighted by molar-refractivity contribution is 5.88. The number of methoxy groups -OCH3 is 1. The second-order valence-electron chi connectivity index (χ2n) is 5.09. The summed E-state index contributed by atoms with van der Waals surface area (Å²) in [7, 11) is 1.63. The molecule has 0 N–H and O–H groups in total. The van der Waals surface area contributed by atoms with Crippen molar-refractivity contribution >= 4 is 5.78 Å². The van der Waals surface area contributed by atoms with Crippen LogP contribution in [0.4, 0.5) is 0 Å². The number of hydrogen-bond acceptors (Lipinski definition) is 4. The summed E-state index contributed by atoms with van der Waals surface area (Å²) in [6.45, 7) is 9.85. The van der Waals surface area contributed by atoms with E-state index in [1.807, 2.05) is 20.8 Å². The maximum absolute atomic E-state index is 12.3. The van der Waals surface area contributed by atoms with Gasteiger partial charge in [0.1, 0.15) is 11.4 Å². The van der Waals surface area contributed by atoms with Crippen LogP contribution in [0.3, 0.4) is 0 Å². The van der Waals surface area contributed by atoms with Crippen molar-refractivity contribution in [2.45, 2.75) is 46.6 Å². The van der Waals surface area contributed by atoms with Crippen molar-refractivity contribution in [3.63, 3.8) is 0 Å². The number of carbonyl (C=O) groups is 1. The fraction of sp³-hybridized carbons (Fsp3) is 0.600. The van der Waals surface area contributed by atoms with Crippen molar-refractivity contribution in [3.05, 3.63) is 23.0 Å².